The molecule has 3 aromatic carbocycles. The molecule has 0 radical (unpaired) electrons. The van der Waals surface area contributed by atoms with E-state index >= 15 is 0 Å². The minimum absolute atomic E-state index is 0.0146. The number of hydrogen-bond acceptors (Lipinski definition) is 6. The fourth-order valence-electron chi connectivity index (χ4n) is 4.29. The molecule has 0 saturated heterocycles. The van der Waals surface area contributed by atoms with Crippen LogP contribution in [0.2, 0.25) is 0 Å². The minimum atomic E-state index is -0.191. The van der Waals surface area contributed by atoms with Crippen molar-refractivity contribution < 1.29 is 14.3 Å². The van der Waals surface area contributed by atoms with E-state index in [1.165, 1.54) is 11.3 Å². The highest BCUT2D eigenvalue weighted by molar-refractivity contribution is 7.13. The molecule has 176 valence electrons. The van der Waals surface area contributed by atoms with E-state index in [-0.39, 0.29) is 18.2 Å². The van der Waals surface area contributed by atoms with Gasteiger partial charge in [-0.05, 0) is 59.5 Å². The summed E-state index contributed by atoms with van der Waals surface area (Å²) in [5.41, 5.74) is 11.3. The van der Waals surface area contributed by atoms with Gasteiger partial charge in [0.15, 0.2) is 5.13 Å². The Labute approximate surface area is 207 Å². The molecule has 4 aromatic rings. The Bertz CT molecular complexity index is 1400. The number of fused-ring (bicyclic) bond motifs is 1. The van der Waals surface area contributed by atoms with Gasteiger partial charge in [-0.3, -0.25) is 9.59 Å². The van der Waals surface area contributed by atoms with Crippen LogP contribution in [-0.4, -0.2) is 30.5 Å². The number of carbonyl (C=O) groups is 2. The lowest BCUT2D eigenvalue weighted by Gasteiger charge is -2.17. The molecular formula is C27H24N4O3S. The first kappa shape index (κ1) is 22.6. The molecule has 2 heterocycles. The van der Waals surface area contributed by atoms with Crippen molar-refractivity contribution >= 4 is 39.7 Å². The van der Waals surface area contributed by atoms with Gasteiger partial charge >= 0.3 is 0 Å². The third kappa shape index (κ3) is 4.74. The van der Waals surface area contributed by atoms with Gasteiger partial charge in [-0.1, -0.05) is 30.3 Å². The number of nitrogens with one attached hydrogen (secondary N) is 1. The van der Waals surface area contributed by atoms with E-state index in [9.17, 15) is 9.59 Å². The number of nitrogens with zero attached hydrogens (tertiary/aromatic N) is 2. The predicted molar refractivity (Wildman–Crippen MR) is 139 cm³/mol. The third-order valence-corrected chi connectivity index (χ3v) is 6.73. The van der Waals surface area contributed by atoms with Gasteiger partial charge in [0.2, 0.25) is 5.91 Å². The van der Waals surface area contributed by atoms with Crippen molar-refractivity contribution in [1.82, 2.24) is 4.98 Å². The monoisotopic (exact) mass is 484 g/mol. The molecule has 0 saturated carbocycles. The number of nitrogens with two attached hydrogens (primary N) is 1. The lowest BCUT2D eigenvalue weighted by molar-refractivity contribution is -0.117. The Kier molecular flexibility index (Phi) is 6.20. The first-order valence-electron chi connectivity index (χ1n) is 11.2. The standard InChI is InChI=1S/C27H24N4O3S/c1-34-21-9-6-17(7-10-21)22-4-2-3-5-23(22)26(33)29-19-8-11-24-18(14-19)12-13-31(24)25(32)15-20-16-35-27(28)30-20/h2-11,14,16H,12-13,15H2,1H3,(H2,28,30)(H,29,33). The van der Waals surface area contributed by atoms with Crippen LogP contribution in [0.25, 0.3) is 11.1 Å². The smallest absolute Gasteiger partial charge is 0.256 e. The zero-order valence-electron chi connectivity index (χ0n) is 19.2. The van der Waals surface area contributed by atoms with E-state index in [0.29, 0.717) is 28.6 Å². The number of amides is 2. The number of anilines is 3. The summed E-state index contributed by atoms with van der Waals surface area (Å²) in [6.45, 7) is 0.603. The second kappa shape index (κ2) is 9.60. The summed E-state index contributed by atoms with van der Waals surface area (Å²) in [4.78, 5) is 32.0. The quantitative estimate of drug-likeness (QED) is 0.410. The zero-order chi connectivity index (χ0) is 24.4. The molecule has 2 amide bonds. The highest BCUT2D eigenvalue weighted by Crippen LogP contribution is 2.32. The summed E-state index contributed by atoms with van der Waals surface area (Å²) >= 11 is 1.33. The lowest BCUT2D eigenvalue weighted by atomic mass is 9.99. The molecule has 3 N–H and O–H groups in total. The molecule has 0 spiro atoms. The third-order valence-electron chi connectivity index (χ3n) is 6.01. The van der Waals surface area contributed by atoms with E-state index in [4.69, 9.17) is 10.5 Å². The molecule has 0 unspecified atom stereocenters. The summed E-state index contributed by atoms with van der Waals surface area (Å²) in [5, 5.41) is 5.29. The largest absolute Gasteiger partial charge is 0.497 e. The first-order chi connectivity index (χ1) is 17.0. The second-order valence-electron chi connectivity index (χ2n) is 8.22. The molecule has 1 aromatic heterocycles. The van der Waals surface area contributed by atoms with Crippen LogP contribution in [0.15, 0.2) is 72.1 Å². The number of benzene rings is 3. The molecule has 0 bridgehead atoms. The van der Waals surface area contributed by atoms with Crippen LogP contribution < -0.4 is 20.7 Å². The van der Waals surface area contributed by atoms with Gasteiger partial charge in [0.25, 0.3) is 5.91 Å². The molecule has 35 heavy (non-hydrogen) atoms. The Morgan fingerprint density at radius 3 is 2.66 bits per heavy atom. The molecule has 5 rings (SSSR count). The van der Waals surface area contributed by atoms with Crippen molar-refractivity contribution in [2.45, 2.75) is 12.8 Å². The van der Waals surface area contributed by atoms with Crippen molar-refractivity contribution in [3.8, 4) is 16.9 Å². The molecule has 8 heteroatoms. The Balaban J connectivity index is 1.32. The normalized spacial score (nSPS) is 12.3. The van der Waals surface area contributed by atoms with E-state index in [1.807, 2.05) is 72.1 Å². The summed E-state index contributed by atoms with van der Waals surface area (Å²) < 4.78 is 5.24. The van der Waals surface area contributed by atoms with Gasteiger partial charge in [-0.2, -0.15) is 0 Å². The molecule has 1 aliphatic heterocycles. The van der Waals surface area contributed by atoms with E-state index < -0.39 is 0 Å². The molecule has 0 fully saturated rings. The maximum absolute atomic E-state index is 13.2. The second-order valence-corrected chi connectivity index (χ2v) is 9.11. The Morgan fingerprint density at radius 2 is 1.91 bits per heavy atom. The number of ether oxygens (including phenoxy) is 1. The highest BCUT2D eigenvalue weighted by Gasteiger charge is 2.25. The number of carbonyl (C=O) groups excluding carboxylic acids is 2. The molecule has 7 nitrogen and oxygen atoms in total. The fraction of sp³-hybridized carbons (Fsp3) is 0.148. The van der Waals surface area contributed by atoms with Crippen LogP contribution in [-0.2, 0) is 17.6 Å². The van der Waals surface area contributed by atoms with E-state index in [1.54, 1.807) is 12.0 Å². The Morgan fingerprint density at radius 1 is 1.11 bits per heavy atom. The van der Waals surface area contributed by atoms with Crippen LogP contribution in [0.3, 0.4) is 0 Å². The topological polar surface area (TPSA) is 97.5 Å². The van der Waals surface area contributed by atoms with Gasteiger partial charge in [0.1, 0.15) is 5.75 Å². The average Bonchev–Trinajstić information content (AvgIpc) is 3.49. The first-order valence-corrected chi connectivity index (χ1v) is 12.1. The van der Waals surface area contributed by atoms with Gasteiger partial charge < -0.3 is 20.7 Å². The SMILES string of the molecule is COc1ccc(-c2ccccc2C(=O)Nc2ccc3c(c2)CCN3C(=O)Cc2csc(N)n2)cc1. The van der Waals surface area contributed by atoms with Crippen molar-refractivity contribution in [3.05, 3.63) is 88.9 Å². The van der Waals surface area contributed by atoms with Gasteiger partial charge in [-0.15, -0.1) is 11.3 Å². The average molecular weight is 485 g/mol. The van der Waals surface area contributed by atoms with Crippen LogP contribution in [0.5, 0.6) is 5.75 Å². The summed E-state index contributed by atoms with van der Waals surface area (Å²) in [7, 11) is 1.62. The summed E-state index contributed by atoms with van der Waals surface area (Å²) in [6.07, 6.45) is 0.945. The number of nitrogen functional groups attached to an aromatic ring is 1. The molecule has 0 aliphatic carbocycles. The van der Waals surface area contributed by atoms with Gasteiger partial charge in [0, 0.05) is 28.9 Å². The number of methoxy groups -OCH3 is 1. The number of hydrogen-bond donors (Lipinski definition) is 2. The maximum atomic E-state index is 13.2. The van der Waals surface area contributed by atoms with E-state index in [0.717, 1.165) is 34.5 Å². The van der Waals surface area contributed by atoms with Crippen molar-refractivity contribution in [3.63, 3.8) is 0 Å². The summed E-state index contributed by atoms with van der Waals surface area (Å²) in [5.74, 6) is 0.555. The van der Waals surface area contributed by atoms with E-state index in [2.05, 4.69) is 10.3 Å². The fourth-order valence-corrected chi connectivity index (χ4v) is 4.86. The van der Waals surface area contributed by atoms with Crippen LogP contribution in [0.4, 0.5) is 16.5 Å². The van der Waals surface area contributed by atoms with Crippen molar-refractivity contribution in [2.24, 2.45) is 0 Å². The molecular weight excluding hydrogens is 460 g/mol. The van der Waals surface area contributed by atoms with Gasteiger partial charge in [0.05, 0.1) is 19.2 Å². The zero-order valence-corrected chi connectivity index (χ0v) is 20.0. The van der Waals surface area contributed by atoms with Crippen molar-refractivity contribution in [1.29, 1.82) is 0 Å². The summed E-state index contributed by atoms with van der Waals surface area (Å²) in [6, 6.07) is 20.8. The predicted octanol–water partition coefficient (Wildman–Crippen LogP) is 4.79. The van der Waals surface area contributed by atoms with Crippen LogP contribution in [0.1, 0.15) is 21.6 Å². The van der Waals surface area contributed by atoms with Crippen LogP contribution >= 0.6 is 11.3 Å². The lowest BCUT2D eigenvalue weighted by Crippen LogP contribution is -2.30. The number of aromatic nitrogens is 1. The molecule has 1 aliphatic rings. The minimum Gasteiger partial charge on any atom is -0.497 e. The number of thiazole rings is 1. The Hall–Kier alpha value is -4.17. The highest BCUT2D eigenvalue weighted by atomic mass is 32.1. The molecule has 0 atom stereocenters. The van der Waals surface area contributed by atoms with Gasteiger partial charge in [-0.25, -0.2) is 4.98 Å². The van der Waals surface area contributed by atoms with Crippen molar-refractivity contribution in [2.75, 3.05) is 29.6 Å². The van der Waals surface area contributed by atoms with Crippen LogP contribution in [0, 0.1) is 0 Å². The number of rotatable bonds is 6. The maximum Gasteiger partial charge on any atom is 0.256 e.